The van der Waals surface area contributed by atoms with Crippen LogP contribution in [0.2, 0.25) is 5.02 Å². The summed E-state index contributed by atoms with van der Waals surface area (Å²) in [4.78, 5) is 13.1. The molecule has 1 unspecified atom stereocenters. The molecule has 1 fully saturated rings. The number of anilines is 1. The molecule has 1 aliphatic rings. The number of rotatable bonds is 5. The number of carbonyl (C=O) groups is 1. The minimum absolute atomic E-state index is 0.0114. The van der Waals surface area contributed by atoms with Gasteiger partial charge in [-0.2, -0.15) is 0 Å². The Hall–Kier alpha value is -1.57. The van der Waals surface area contributed by atoms with Crippen LogP contribution in [0.25, 0.3) is 0 Å². The Bertz CT molecular complexity index is 716. The van der Waals surface area contributed by atoms with Gasteiger partial charge in [-0.25, -0.2) is 0 Å². The topological polar surface area (TPSA) is 71.8 Å². The molecule has 3 rings (SSSR count). The van der Waals surface area contributed by atoms with Crippen molar-refractivity contribution in [2.75, 3.05) is 18.4 Å². The third-order valence-electron chi connectivity index (χ3n) is 4.00. The van der Waals surface area contributed by atoms with Crippen LogP contribution in [0.5, 0.6) is 0 Å². The molecule has 122 valence electrons. The second kappa shape index (κ2) is 6.90. The molecule has 0 radical (unpaired) electrons. The molecule has 1 aromatic heterocycles. The fourth-order valence-electron chi connectivity index (χ4n) is 2.26. The van der Waals surface area contributed by atoms with E-state index in [1.807, 2.05) is 30.7 Å². The van der Waals surface area contributed by atoms with Gasteiger partial charge in [-0.05, 0) is 49.0 Å². The molecule has 2 N–H and O–H groups in total. The Kier molecular flexibility index (Phi) is 4.89. The second-order valence-corrected chi connectivity index (χ2v) is 7.08. The lowest BCUT2D eigenvalue weighted by molar-refractivity contribution is -0.121. The zero-order valence-corrected chi connectivity index (χ0v) is 14.5. The molecule has 1 aromatic carbocycles. The highest BCUT2D eigenvalue weighted by atomic mass is 35.5. The van der Waals surface area contributed by atoms with E-state index in [4.69, 9.17) is 11.6 Å². The van der Waals surface area contributed by atoms with Gasteiger partial charge in [-0.15, -0.1) is 10.2 Å². The Labute approximate surface area is 144 Å². The molecule has 2 heterocycles. The maximum Gasteiger partial charge on any atom is 0.227 e. The van der Waals surface area contributed by atoms with Crippen molar-refractivity contribution in [1.82, 2.24) is 20.1 Å². The van der Waals surface area contributed by atoms with E-state index in [1.54, 1.807) is 12.4 Å². The van der Waals surface area contributed by atoms with Gasteiger partial charge >= 0.3 is 0 Å². The number of aromatic nitrogens is 3. The van der Waals surface area contributed by atoms with Crippen LogP contribution in [0.1, 0.15) is 6.92 Å². The molecule has 0 bridgehead atoms. The van der Waals surface area contributed by atoms with Gasteiger partial charge in [0, 0.05) is 23.5 Å². The standard InChI is InChI=1S/C15H18ClN5OS/c1-9(10-6-17-7-10)14(22)19-11-3-4-13(12(16)5-11)23-15-20-18-8-21(15)2/h3-5,8-10,17H,6-7H2,1-2H3,(H,19,22). The lowest BCUT2D eigenvalue weighted by atomic mass is 9.88. The molecule has 1 amide bonds. The highest BCUT2D eigenvalue weighted by Gasteiger charge is 2.28. The summed E-state index contributed by atoms with van der Waals surface area (Å²) in [6, 6.07) is 5.50. The van der Waals surface area contributed by atoms with Gasteiger partial charge in [0.1, 0.15) is 6.33 Å². The first-order valence-corrected chi connectivity index (χ1v) is 8.57. The fourth-order valence-corrected chi connectivity index (χ4v) is 3.32. The summed E-state index contributed by atoms with van der Waals surface area (Å²) in [5.74, 6) is 0.431. The zero-order chi connectivity index (χ0) is 16.4. The summed E-state index contributed by atoms with van der Waals surface area (Å²) in [6.07, 6.45) is 1.64. The summed E-state index contributed by atoms with van der Waals surface area (Å²) < 4.78 is 1.82. The van der Waals surface area contributed by atoms with Gasteiger partial charge in [-0.3, -0.25) is 4.79 Å². The van der Waals surface area contributed by atoms with E-state index >= 15 is 0 Å². The smallest absolute Gasteiger partial charge is 0.227 e. The van der Waals surface area contributed by atoms with E-state index in [-0.39, 0.29) is 11.8 Å². The third-order valence-corrected chi connectivity index (χ3v) is 5.56. The summed E-state index contributed by atoms with van der Waals surface area (Å²) in [7, 11) is 1.88. The van der Waals surface area contributed by atoms with E-state index in [2.05, 4.69) is 20.8 Å². The predicted molar refractivity (Wildman–Crippen MR) is 90.7 cm³/mol. The molecule has 6 nitrogen and oxygen atoms in total. The average molecular weight is 352 g/mol. The highest BCUT2D eigenvalue weighted by molar-refractivity contribution is 7.99. The van der Waals surface area contributed by atoms with Crippen LogP contribution in [-0.2, 0) is 11.8 Å². The number of amides is 1. The fraction of sp³-hybridized carbons (Fsp3) is 0.400. The van der Waals surface area contributed by atoms with Crippen molar-refractivity contribution in [2.45, 2.75) is 17.0 Å². The van der Waals surface area contributed by atoms with Crippen molar-refractivity contribution >= 4 is 35.0 Å². The van der Waals surface area contributed by atoms with Gasteiger partial charge in [0.25, 0.3) is 0 Å². The molecule has 2 aromatic rings. The van der Waals surface area contributed by atoms with Crippen LogP contribution in [0, 0.1) is 11.8 Å². The SMILES string of the molecule is CC(C(=O)Nc1ccc(Sc2nncn2C)c(Cl)c1)C1CNC1. The van der Waals surface area contributed by atoms with E-state index in [1.165, 1.54) is 11.8 Å². The molecule has 8 heteroatoms. The summed E-state index contributed by atoms with van der Waals surface area (Å²) >= 11 is 7.76. The maximum atomic E-state index is 12.2. The first kappa shape index (κ1) is 16.3. The van der Waals surface area contributed by atoms with Gasteiger partial charge in [0.05, 0.1) is 5.02 Å². The quantitative estimate of drug-likeness (QED) is 0.865. The molecule has 0 spiro atoms. The minimum atomic E-state index is -0.0114. The molecule has 0 saturated carbocycles. The second-order valence-electron chi connectivity index (χ2n) is 5.67. The molecule has 1 saturated heterocycles. The molecule has 1 aliphatic heterocycles. The van der Waals surface area contributed by atoms with Gasteiger partial charge in [0.15, 0.2) is 5.16 Å². The van der Waals surface area contributed by atoms with Crippen LogP contribution < -0.4 is 10.6 Å². The van der Waals surface area contributed by atoms with Crippen molar-refractivity contribution in [3.63, 3.8) is 0 Å². The summed E-state index contributed by atoms with van der Waals surface area (Å²) in [5.41, 5.74) is 0.710. The van der Waals surface area contributed by atoms with Crippen LogP contribution in [0.4, 0.5) is 5.69 Å². The third kappa shape index (κ3) is 3.68. The zero-order valence-electron chi connectivity index (χ0n) is 12.9. The van der Waals surface area contributed by atoms with Gasteiger partial charge in [-0.1, -0.05) is 18.5 Å². The number of hydrogen-bond donors (Lipinski definition) is 2. The van der Waals surface area contributed by atoms with E-state index in [0.717, 1.165) is 23.1 Å². The van der Waals surface area contributed by atoms with Crippen molar-refractivity contribution in [3.8, 4) is 0 Å². The van der Waals surface area contributed by atoms with Crippen LogP contribution in [-0.4, -0.2) is 33.8 Å². The number of aryl methyl sites for hydroxylation is 1. The first-order valence-electron chi connectivity index (χ1n) is 7.37. The molecule has 0 aliphatic carbocycles. The number of halogens is 1. The van der Waals surface area contributed by atoms with Gasteiger partial charge in [0.2, 0.25) is 5.91 Å². The number of carbonyl (C=O) groups excluding carboxylic acids is 1. The van der Waals surface area contributed by atoms with Crippen molar-refractivity contribution in [1.29, 1.82) is 0 Å². The van der Waals surface area contributed by atoms with Crippen molar-refractivity contribution in [3.05, 3.63) is 29.5 Å². The summed E-state index contributed by atoms with van der Waals surface area (Å²) in [5, 5.41) is 15.3. The monoisotopic (exact) mass is 351 g/mol. The molecular formula is C15H18ClN5OS. The number of nitrogens with zero attached hydrogens (tertiary/aromatic N) is 3. The summed E-state index contributed by atoms with van der Waals surface area (Å²) in [6.45, 7) is 3.77. The average Bonchev–Trinajstić information content (AvgIpc) is 2.85. The first-order chi connectivity index (χ1) is 11.0. The Morgan fingerprint density at radius 2 is 2.30 bits per heavy atom. The normalized spacial score (nSPS) is 16.0. The van der Waals surface area contributed by atoms with Crippen molar-refractivity contribution in [2.24, 2.45) is 18.9 Å². The maximum absolute atomic E-state index is 12.2. The van der Waals surface area contributed by atoms with Gasteiger partial charge < -0.3 is 15.2 Å². The van der Waals surface area contributed by atoms with Crippen LogP contribution in [0.15, 0.2) is 34.6 Å². The number of benzene rings is 1. The van der Waals surface area contributed by atoms with Crippen molar-refractivity contribution < 1.29 is 4.79 Å². The Morgan fingerprint density at radius 3 is 2.87 bits per heavy atom. The Morgan fingerprint density at radius 1 is 1.52 bits per heavy atom. The highest BCUT2D eigenvalue weighted by Crippen LogP contribution is 2.33. The van der Waals surface area contributed by atoms with Crippen LogP contribution in [0.3, 0.4) is 0 Å². The number of hydrogen-bond acceptors (Lipinski definition) is 5. The van der Waals surface area contributed by atoms with E-state index in [0.29, 0.717) is 16.6 Å². The number of nitrogens with one attached hydrogen (secondary N) is 2. The Balaban J connectivity index is 1.66. The molecular weight excluding hydrogens is 334 g/mol. The lowest BCUT2D eigenvalue weighted by Gasteiger charge is -2.31. The van der Waals surface area contributed by atoms with E-state index in [9.17, 15) is 4.79 Å². The minimum Gasteiger partial charge on any atom is -0.326 e. The lowest BCUT2D eigenvalue weighted by Crippen LogP contribution is -2.48. The predicted octanol–water partition coefficient (Wildman–Crippen LogP) is 2.41. The largest absolute Gasteiger partial charge is 0.326 e. The molecule has 23 heavy (non-hydrogen) atoms. The molecule has 1 atom stereocenters. The van der Waals surface area contributed by atoms with E-state index < -0.39 is 0 Å². The van der Waals surface area contributed by atoms with Crippen LogP contribution >= 0.6 is 23.4 Å².